The molecular formula is C35H37N3O6. The van der Waals surface area contributed by atoms with Gasteiger partial charge >= 0.3 is 5.97 Å². The Balaban J connectivity index is 1.25. The third-order valence-corrected chi connectivity index (χ3v) is 9.03. The Morgan fingerprint density at radius 1 is 1.09 bits per heavy atom. The van der Waals surface area contributed by atoms with Gasteiger partial charge in [-0.15, -0.1) is 0 Å². The molecule has 0 radical (unpaired) electrons. The van der Waals surface area contributed by atoms with Crippen molar-refractivity contribution in [3.63, 3.8) is 0 Å². The number of nitrogens with zero attached hydrogens (tertiary/aromatic N) is 1. The summed E-state index contributed by atoms with van der Waals surface area (Å²) in [7, 11) is 2.03. The van der Waals surface area contributed by atoms with Crippen LogP contribution in [0.4, 0.5) is 5.69 Å². The maximum atomic E-state index is 13.7. The van der Waals surface area contributed by atoms with Gasteiger partial charge in [0.05, 0.1) is 24.8 Å². The van der Waals surface area contributed by atoms with Gasteiger partial charge in [-0.05, 0) is 86.9 Å². The topological polar surface area (TPSA) is 123 Å². The van der Waals surface area contributed by atoms with Crippen molar-refractivity contribution >= 4 is 40.4 Å². The number of carbonyl (C=O) groups is 3. The summed E-state index contributed by atoms with van der Waals surface area (Å²) in [6.07, 6.45) is 12.6. The van der Waals surface area contributed by atoms with Crippen LogP contribution < -0.4 is 15.4 Å². The van der Waals surface area contributed by atoms with E-state index in [9.17, 15) is 14.4 Å². The van der Waals surface area contributed by atoms with Gasteiger partial charge in [0.1, 0.15) is 11.3 Å². The molecule has 0 aliphatic heterocycles. The summed E-state index contributed by atoms with van der Waals surface area (Å²) in [5, 5.41) is 16.1. The summed E-state index contributed by atoms with van der Waals surface area (Å²) in [5.41, 5.74) is 5.02. The average molecular weight is 596 g/mol. The predicted octanol–water partition coefficient (Wildman–Crippen LogP) is 6.88. The van der Waals surface area contributed by atoms with Crippen LogP contribution in [0.5, 0.6) is 5.75 Å². The number of benzene rings is 2. The van der Waals surface area contributed by atoms with E-state index in [4.69, 9.17) is 14.3 Å². The van der Waals surface area contributed by atoms with Crippen molar-refractivity contribution in [1.29, 1.82) is 0 Å². The van der Waals surface area contributed by atoms with Crippen LogP contribution in [0.3, 0.4) is 0 Å². The summed E-state index contributed by atoms with van der Waals surface area (Å²) in [5.74, 6) is -0.724. The number of furan rings is 1. The number of fused-ring (bicyclic) bond motifs is 1. The van der Waals surface area contributed by atoms with Crippen molar-refractivity contribution in [2.24, 2.45) is 7.05 Å². The molecule has 44 heavy (non-hydrogen) atoms. The standard InChI is InChI=1S/C35H37N3O6/c1-3-44-29-20-26(12-9-22(29)11-14-30(39)40)36-34(42)35(16-6-17-35)37-33(41)24-10-13-27-28(19-24)38(2)32(25-15-18-43-21-25)31(27)23-7-4-5-8-23/h9-15,18-21,23H,3-8,16-17H2,1-2H3,(H,36,42)(H,37,41)(H,39,40)/b14-11+. The van der Waals surface area contributed by atoms with E-state index in [1.165, 1.54) is 24.5 Å². The monoisotopic (exact) mass is 595 g/mol. The van der Waals surface area contributed by atoms with E-state index in [1.54, 1.807) is 30.7 Å². The lowest BCUT2D eigenvalue weighted by atomic mass is 9.75. The van der Waals surface area contributed by atoms with Crippen LogP contribution in [0.15, 0.2) is 65.5 Å². The molecule has 0 atom stereocenters. The van der Waals surface area contributed by atoms with Crippen LogP contribution in [0.1, 0.15) is 79.3 Å². The number of ether oxygens (including phenoxy) is 1. The molecule has 0 spiro atoms. The molecule has 9 heteroatoms. The molecule has 2 fully saturated rings. The van der Waals surface area contributed by atoms with Gasteiger partial charge in [0.2, 0.25) is 5.91 Å². The van der Waals surface area contributed by atoms with Crippen LogP contribution in [0.25, 0.3) is 28.2 Å². The smallest absolute Gasteiger partial charge is 0.328 e. The Morgan fingerprint density at radius 3 is 2.55 bits per heavy atom. The van der Waals surface area contributed by atoms with Gasteiger partial charge in [0, 0.05) is 52.5 Å². The molecule has 2 amide bonds. The molecule has 228 valence electrons. The quantitative estimate of drug-likeness (QED) is 0.172. The zero-order chi connectivity index (χ0) is 30.8. The molecule has 3 N–H and O–H groups in total. The van der Waals surface area contributed by atoms with Crippen LogP contribution in [0, 0.1) is 0 Å². The molecule has 0 bridgehead atoms. The van der Waals surface area contributed by atoms with E-state index in [-0.39, 0.29) is 11.8 Å². The first-order valence-corrected chi connectivity index (χ1v) is 15.3. The molecule has 2 saturated carbocycles. The zero-order valence-electron chi connectivity index (χ0n) is 25.0. The third kappa shape index (κ3) is 5.50. The predicted molar refractivity (Wildman–Crippen MR) is 169 cm³/mol. The first-order valence-electron chi connectivity index (χ1n) is 15.3. The minimum atomic E-state index is -1.06. The first kappa shape index (κ1) is 29.3. The van der Waals surface area contributed by atoms with Gasteiger partial charge in [-0.2, -0.15) is 0 Å². The first-order chi connectivity index (χ1) is 21.3. The lowest BCUT2D eigenvalue weighted by molar-refractivity contribution is -0.131. The largest absolute Gasteiger partial charge is 0.493 e. The fraction of sp³-hybridized carbons (Fsp3) is 0.343. The van der Waals surface area contributed by atoms with Gasteiger partial charge in [-0.25, -0.2) is 4.79 Å². The number of hydrogen-bond donors (Lipinski definition) is 3. The Morgan fingerprint density at radius 2 is 1.89 bits per heavy atom. The third-order valence-electron chi connectivity index (χ3n) is 9.03. The van der Waals surface area contributed by atoms with Crippen molar-refractivity contribution in [3.8, 4) is 17.0 Å². The highest BCUT2D eigenvalue weighted by molar-refractivity contribution is 6.06. The lowest BCUT2D eigenvalue weighted by Gasteiger charge is -2.40. The molecular weight excluding hydrogens is 558 g/mol. The summed E-state index contributed by atoms with van der Waals surface area (Å²) < 4.78 is 13.3. The Hall–Kier alpha value is -4.79. The molecule has 0 unspecified atom stereocenters. The number of aryl methyl sites for hydroxylation is 1. The Kier molecular flexibility index (Phi) is 8.03. The van der Waals surface area contributed by atoms with E-state index in [0.717, 1.165) is 47.5 Å². The number of amides is 2. The summed E-state index contributed by atoms with van der Waals surface area (Å²) in [6.45, 7) is 2.21. The lowest BCUT2D eigenvalue weighted by Crippen LogP contribution is -2.61. The number of rotatable bonds is 10. The molecule has 0 saturated heterocycles. The maximum absolute atomic E-state index is 13.7. The summed E-state index contributed by atoms with van der Waals surface area (Å²) >= 11 is 0. The van der Waals surface area contributed by atoms with E-state index >= 15 is 0 Å². The van der Waals surface area contributed by atoms with E-state index in [1.807, 2.05) is 38.2 Å². The summed E-state index contributed by atoms with van der Waals surface area (Å²) in [6, 6.07) is 12.9. The fourth-order valence-electron chi connectivity index (χ4n) is 6.65. The molecule has 2 aliphatic rings. The van der Waals surface area contributed by atoms with Gasteiger partial charge in [0.15, 0.2) is 0 Å². The fourth-order valence-corrected chi connectivity index (χ4v) is 6.65. The number of anilines is 1. The molecule has 2 aromatic heterocycles. The molecule has 9 nitrogen and oxygen atoms in total. The normalized spacial score (nSPS) is 16.2. The van der Waals surface area contributed by atoms with E-state index in [0.29, 0.717) is 47.9 Å². The number of carboxylic acids is 1. The van der Waals surface area contributed by atoms with Crippen molar-refractivity contribution in [2.45, 2.75) is 63.3 Å². The molecule has 2 aliphatic carbocycles. The second-order valence-corrected chi connectivity index (χ2v) is 11.7. The maximum Gasteiger partial charge on any atom is 0.328 e. The van der Waals surface area contributed by atoms with Crippen LogP contribution in [-0.2, 0) is 16.6 Å². The van der Waals surface area contributed by atoms with Crippen LogP contribution in [0.2, 0.25) is 0 Å². The van der Waals surface area contributed by atoms with E-state index in [2.05, 4.69) is 15.2 Å². The van der Waals surface area contributed by atoms with Crippen molar-refractivity contribution in [1.82, 2.24) is 9.88 Å². The van der Waals surface area contributed by atoms with Crippen molar-refractivity contribution < 1.29 is 28.6 Å². The number of aliphatic carboxylic acids is 1. The highest BCUT2D eigenvalue weighted by Crippen LogP contribution is 2.45. The van der Waals surface area contributed by atoms with Crippen LogP contribution >= 0.6 is 0 Å². The number of aromatic nitrogens is 1. The van der Waals surface area contributed by atoms with Gasteiger partial charge in [-0.3, -0.25) is 9.59 Å². The van der Waals surface area contributed by atoms with Gasteiger partial charge < -0.3 is 29.5 Å². The second-order valence-electron chi connectivity index (χ2n) is 11.7. The zero-order valence-corrected chi connectivity index (χ0v) is 25.0. The molecule has 4 aromatic rings. The number of carbonyl (C=O) groups excluding carboxylic acids is 2. The average Bonchev–Trinajstić information content (AvgIpc) is 3.76. The highest BCUT2D eigenvalue weighted by Gasteiger charge is 2.45. The van der Waals surface area contributed by atoms with Crippen molar-refractivity contribution in [2.75, 3.05) is 11.9 Å². The number of nitrogens with one attached hydrogen (secondary N) is 2. The Labute approximate surface area is 255 Å². The number of carboxylic acid groups (broad SMARTS) is 1. The molecule has 2 aromatic carbocycles. The molecule has 6 rings (SSSR count). The van der Waals surface area contributed by atoms with Gasteiger partial charge in [-0.1, -0.05) is 18.9 Å². The van der Waals surface area contributed by atoms with Crippen molar-refractivity contribution in [3.05, 3.63) is 77.8 Å². The minimum absolute atomic E-state index is 0.292. The Bertz CT molecular complexity index is 1740. The SMILES string of the molecule is CCOc1cc(NC(=O)C2(NC(=O)c3ccc4c(C5CCCC5)c(-c5ccoc5)n(C)c4c3)CCC2)ccc1/C=C/C(=O)O. The minimum Gasteiger partial charge on any atom is -0.493 e. The van der Waals surface area contributed by atoms with Crippen LogP contribution in [-0.4, -0.2) is 39.6 Å². The van der Waals surface area contributed by atoms with E-state index < -0.39 is 11.5 Å². The molecule has 2 heterocycles. The highest BCUT2D eigenvalue weighted by atomic mass is 16.5. The van der Waals surface area contributed by atoms with Gasteiger partial charge in [0.25, 0.3) is 5.91 Å². The number of hydrogen-bond acceptors (Lipinski definition) is 5. The second kappa shape index (κ2) is 12.1. The summed E-state index contributed by atoms with van der Waals surface area (Å²) in [4.78, 5) is 38.2.